The van der Waals surface area contributed by atoms with Gasteiger partial charge in [0.15, 0.2) is 0 Å². The van der Waals surface area contributed by atoms with Crippen molar-refractivity contribution in [3.05, 3.63) is 0 Å². The molecule has 2 unspecified atom stereocenters. The molecule has 0 aliphatic carbocycles. The molecule has 0 spiro atoms. The molecule has 2 atom stereocenters. The van der Waals surface area contributed by atoms with Gasteiger partial charge in [0, 0.05) is 26.7 Å². The highest BCUT2D eigenvalue weighted by Crippen LogP contribution is 2.22. The Morgan fingerprint density at radius 1 is 1.53 bits per heavy atom. The predicted molar refractivity (Wildman–Crippen MR) is 61.5 cm³/mol. The minimum absolute atomic E-state index is 0.169. The average Bonchev–Trinajstić information content (AvgIpc) is 2.18. The maximum atomic E-state index is 11.6. The normalized spacial score (nSPS) is 27.7. The van der Waals surface area contributed by atoms with Gasteiger partial charge in [-0.25, -0.2) is 0 Å². The lowest BCUT2D eigenvalue weighted by Gasteiger charge is -2.39. The molecule has 0 aromatic rings. The SMILES string of the molecule is CC1CCCN(CC(=O)N(C)C)C1CN. The predicted octanol–water partition coefficient (Wildman–Crippen LogP) is 0.134. The van der Waals surface area contributed by atoms with Crippen LogP contribution < -0.4 is 5.73 Å². The van der Waals surface area contributed by atoms with Crippen LogP contribution in [0.25, 0.3) is 0 Å². The largest absolute Gasteiger partial charge is 0.348 e. The molecule has 1 heterocycles. The third kappa shape index (κ3) is 3.18. The van der Waals surface area contributed by atoms with Gasteiger partial charge in [0.2, 0.25) is 5.91 Å². The monoisotopic (exact) mass is 213 g/mol. The number of piperidine rings is 1. The van der Waals surface area contributed by atoms with Crippen LogP contribution in [0.5, 0.6) is 0 Å². The fourth-order valence-corrected chi connectivity index (χ4v) is 2.23. The summed E-state index contributed by atoms with van der Waals surface area (Å²) in [5, 5.41) is 0. The van der Waals surface area contributed by atoms with Crippen molar-refractivity contribution < 1.29 is 4.79 Å². The maximum absolute atomic E-state index is 11.6. The highest BCUT2D eigenvalue weighted by Gasteiger charge is 2.28. The Morgan fingerprint density at radius 3 is 2.73 bits per heavy atom. The fourth-order valence-electron chi connectivity index (χ4n) is 2.23. The molecule has 1 amide bonds. The first-order valence-corrected chi connectivity index (χ1v) is 5.70. The summed E-state index contributed by atoms with van der Waals surface area (Å²) < 4.78 is 0. The summed E-state index contributed by atoms with van der Waals surface area (Å²) in [6.07, 6.45) is 2.41. The number of nitrogens with two attached hydrogens (primary N) is 1. The van der Waals surface area contributed by atoms with Crippen molar-refractivity contribution in [2.45, 2.75) is 25.8 Å². The molecule has 1 fully saturated rings. The van der Waals surface area contributed by atoms with E-state index in [1.165, 1.54) is 12.8 Å². The van der Waals surface area contributed by atoms with E-state index in [0.717, 1.165) is 6.54 Å². The molecule has 0 saturated carbocycles. The van der Waals surface area contributed by atoms with E-state index >= 15 is 0 Å². The van der Waals surface area contributed by atoms with E-state index in [2.05, 4.69) is 11.8 Å². The number of hydrogen-bond donors (Lipinski definition) is 1. The Labute approximate surface area is 92.4 Å². The molecule has 0 aromatic carbocycles. The number of carbonyl (C=O) groups is 1. The van der Waals surface area contributed by atoms with E-state index in [1.807, 2.05) is 0 Å². The van der Waals surface area contributed by atoms with Crippen LogP contribution in [0.15, 0.2) is 0 Å². The molecular weight excluding hydrogens is 190 g/mol. The second-order valence-electron chi connectivity index (χ2n) is 4.68. The molecule has 4 nitrogen and oxygen atoms in total. The maximum Gasteiger partial charge on any atom is 0.236 e. The summed E-state index contributed by atoms with van der Waals surface area (Å²) in [6.45, 7) is 4.40. The van der Waals surface area contributed by atoms with Crippen molar-refractivity contribution in [3.8, 4) is 0 Å². The van der Waals surface area contributed by atoms with E-state index < -0.39 is 0 Å². The molecule has 1 aliphatic heterocycles. The van der Waals surface area contributed by atoms with E-state index in [0.29, 0.717) is 25.0 Å². The van der Waals surface area contributed by atoms with Crippen LogP contribution >= 0.6 is 0 Å². The van der Waals surface area contributed by atoms with Crippen molar-refractivity contribution in [3.63, 3.8) is 0 Å². The minimum atomic E-state index is 0.169. The fraction of sp³-hybridized carbons (Fsp3) is 0.909. The molecule has 15 heavy (non-hydrogen) atoms. The lowest BCUT2D eigenvalue weighted by Crippen LogP contribution is -2.51. The van der Waals surface area contributed by atoms with Gasteiger partial charge in [0.25, 0.3) is 0 Å². The van der Waals surface area contributed by atoms with Crippen molar-refractivity contribution in [1.29, 1.82) is 0 Å². The third-order valence-electron chi connectivity index (χ3n) is 3.31. The van der Waals surface area contributed by atoms with Crippen LogP contribution in [0.4, 0.5) is 0 Å². The number of likely N-dealkylation sites (tertiary alicyclic amines) is 1. The van der Waals surface area contributed by atoms with Gasteiger partial charge in [-0.2, -0.15) is 0 Å². The van der Waals surface area contributed by atoms with Crippen LogP contribution in [0.2, 0.25) is 0 Å². The van der Waals surface area contributed by atoms with Crippen LogP contribution in [0.1, 0.15) is 19.8 Å². The zero-order chi connectivity index (χ0) is 11.4. The third-order valence-corrected chi connectivity index (χ3v) is 3.31. The quantitative estimate of drug-likeness (QED) is 0.725. The number of carbonyl (C=O) groups excluding carboxylic acids is 1. The summed E-state index contributed by atoms with van der Waals surface area (Å²) in [6, 6.07) is 0.377. The molecule has 2 N–H and O–H groups in total. The molecule has 0 aromatic heterocycles. The number of amides is 1. The summed E-state index contributed by atoms with van der Waals surface area (Å²) in [4.78, 5) is 15.5. The van der Waals surface area contributed by atoms with Crippen molar-refractivity contribution in [2.75, 3.05) is 33.7 Å². The van der Waals surface area contributed by atoms with E-state index in [4.69, 9.17) is 5.73 Å². The summed E-state index contributed by atoms with van der Waals surface area (Å²) in [5.74, 6) is 0.779. The molecule has 88 valence electrons. The first-order valence-electron chi connectivity index (χ1n) is 5.70. The highest BCUT2D eigenvalue weighted by atomic mass is 16.2. The zero-order valence-electron chi connectivity index (χ0n) is 10.1. The Morgan fingerprint density at radius 2 is 2.20 bits per heavy atom. The second-order valence-corrected chi connectivity index (χ2v) is 4.68. The van der Waals surface area contributed by atoms with Crippen molar-refractivity contribution in [2.24, 2.45) is 11.7 Å². The second kappa shape index (κ2) is 5.47. The Kier molecular flexibility index (Phi) is 4.54. The Bertz CT molecular complexity index is 218. The van der Waals surface area contributed by atoms with Gasteiger partial charge in [-0.05, 0) is 25.3 Å². The lowest BCUT2D eigenvalue weighted by atomic mass is 9.91. The number of rotatable bonds is 3. The lowest BCUT2D eigenvalue weighted by molar-refractivity contribution is -0.131. The molecule has 4 heteroatoms. The van der Waals surface area contributed by atoms with E-state index in [-0.39, 0.29) is 5.91 Å². The summed E-state index contributed by atoms with van der Waals surface area (Å²) >= 11 is 0. The number of likely N-dealkylation sites (N-methyl/N-ethyl adjacent to an activating group) is 1. The highest BCUT2D eigenvalue weighted by molar-refractivity contribution is 5.77. The van der Waals surface area contributed by atoms with Crippen LogP contribution in [-0.4, -0.2) is 55.5 Å². The number of hydrogen-bond acceptors (Lipinski definition) is 3. The zero-order valence-corrected chi connectivity index (χ0v) is 10.1. The van der Waals surface area contributed by atoms with Crippen molar-refractivity contribution >= 4 is 5.91 Å². The van der Waals surface area contributed by atoms with Gasteiger partial charge in [-0.15, -0.1) is 0 Å². The molecule has 1 aliphatic rings. The average molecular weight is 213 g/mol. The molecule has 0 radical (unpaired) electrons. The van der Waals surface area contributed by atoms with Gasteiger partial charge in [0.1, 0.15) is 0 Å². The summed E-state index contributed by atoms with van der Waals surface area (Å²) in [5.41, 5.74) is 5.77. The Balaban J connectivity index is 2.54. The van der Waals surface area contributed by atoms with Gasteiger partial charge in [0.05, 0.1) is 6.54 Å². The van der Waals surface area contributed by atoms with Crippen LogP contribution in [0.3, 0.4) is 0 Å². The number of nitrogens with zero attached hydrogens (tertiary/aromatic N) is 2. The van der Waals surface area contributed by atoms with Gasteiger partial charge in [-0.3, -0.25) is 9.69 Å². The minimum Gasteiger partial charge on any atom is -0.348 e. The molecule has 0 bridgehead atoms. The van der Waals surface area contributed by atoms with E-state index in [9.17, 15) is 4.79 Å². The van der Waals surface area contributed by atoms with Crippen molar-refractivity contribution in [1.82, 2.24) is 9.80 Å². The molecule has 1 saturated heterocycles. The van der Waals surface area contributed by atoms with Crippen LogP contribution in [-0.2, 0) is 4.79 Å². The van der Waals surface area contributed by atoms with E-state index in [1.54, 1.807) is 19.0 Å². The molecule has 1 rings (SSSR count). The first-order chi connectivity index (χ1) is 7.06. The van der Waals surface area contributed by atoms with Gasteiger partial charge in [-0.1, -0.05) is 6.92 Å². The van der Waals surface area contributed by atoms with Gasteiger partial charge >= 0.3 is 0 Å². The standard InChI is InChI=1S/C11H23N3O/c1-9-5-4-6-14(10(9)7-12)8-11(15)13(2)3/h9-10H,4-8,12H2,1-3H3. The molecular formula is C11H23N3O. The van der Waals surface area contributed by atoms with Crippen LogP contribution in [0, 0.1) is 5.92 Å². The smallest absolute Gasteiger partial charge is 0.236 e. The van der Waals surface area contributed by atoms with Gasteiger partial charge < -0.3 is 10.6 Å². The Hall–Kier alpha value is -0.610. The summed E-state index contributed by atoms with van der Waals surface area (Å²) in [7, 11) is 3.60. The topological polar surface area (TPSA) is 49.6 Å². The first kappa shape index (κ1) is 12.5.